The number of esters is 2. The molecule has 1 saturated heterocycles. The number of carbonyl (C=O) groups is 2. The van der Waals surface area contributed by atoms with Crippen molar-refractivity contribution >= 4 is 11.9 Å². The van der Waals surface area contributed by atoms with Crippen LogP contribution in [-0.2, 0) is 19.1 Å². The van der Waals surface area contributed by atoms with Crippen molar-refractivity contribution in [1.82, 2.24) is 0 Å². The molecule has 4 unspecified atom stereocenters. The first kappa shape index (κ1) is 13.8. The average Bonchev–Trinajstić information content (AvgIpc) is 2.30. The molecule has 4 atom stereocenters. The highest BCUT2D eigenvalue weighted by Crippen LogP contribution is 2.26. The molecule has 0 bridgehead atoms. The van der Waals surface area contributed by atoms with Crippen LogP contribution in [0.1, 0.15) is 6.92 Å². The fourth-order valence-electron chi connectivity index (χ4n) is 1.44. The lowest BCUT2D eigenvalue weighted by atomic mass is 9.92. The van der Waals surface area contributed by atoms with Crippen molar-refractivity contribution in [2.24, 2.45) is 0 Å². The standard InChI is InChI=1S/C9H14O8/c1-4(12)6(13)9(3-11)8(15)16-5(2-10)7(14)17-9/h4-6,10-13H,2-3H2,1H3. The molecule has 0 saturated carbocycles. The number of aliphatic hydroxyl groups excluding tert-OH is 4. The zero-order chi connectivity index (χ0) is 13.2. The molecule has 0 aromatic carbocycles. The molecule has 0 aromatic rings. The lowest BCUT2D eigenvalue weighted by molar-refractivity contribution is -0.238. The minimum Gasteiger partial charge on any atom is -0.445 e. The monoisotopic (exact) mass is 250 g/mol. The Morgan fingerprint density at radius 3 is 2.35 bits per heavy atom. The molecular formula is C9H14O8. The zero-order valence-electron chi connectivity index (χ0n) is 9.07. The van der Waals surface area contributed by atoms with E-state index in [0.717, 1.165) is 6.92 Å². The maximum atomic E-state index is 11.6. The number of ether oxygens (including phenoxy) is 2. The largest absolute Gasteiger partial charge is 0.445 e. The summed E-state index contributed by atoms with van der Waals surface area (Å²) in [6.45, 7) is -0.653. The third-order valence-corrected chi connectivity index (χ3v) is 2.48. The number of aliphatic hydroxyl groups is 4. The van der Waals surface area contributed by atoms with Gasteiger partial charge in [0.2, 0.25) is 6.10 Å². The van der Waals surface area contributed by atoms with E-state index >= 15 is 0 Å². The van der Waals surface area contributed by atoms with Gasteiger partial charge in [0, 0.05) is 0 Å². The third-order valence-electron chi connectivity index (χ3n) is 2.48. The molecule has 1 fully saturated rings. The summed E-state index contributed by atoms with van der Waals surface area (Å²) in [5.74, 6) is -2.31. The van der Waals surface area contributed by atoms with Crippen LogP contribution in [0.25, 0.3) is 0 Å². The lowest BCUT2D eigenvalue weighted by Crippen LogP contribution is -2.65. The fourth-order valence-corrected chi connectivity index (χ4v) is 1.44. The third kappa shape index (κ3) is 2.25. The molecule has 0 radical (unpaired) electrons. The van der Waals surface area contributed by atoms with Gasteiger partial charge in [-0.25, -0.2) is 9.59 Å². The summed E-state index contributed by atoms with van der Waals surface area (Å²) in [5, 5.41) is 36.6. The van der Waals surface area contributed by atoms with Crippen molar-refractivity contribution in [3.63, 3.8) is 0 Å². The van der Waals surface area contributed by atoms with Crippen LogP contribution in [-0.4, -0.2) is 69.5 Å². The molecule has 1 heterocycles. The van der Waals surface area contributed by atoms with Gasteiger partial charge in [-0.05, 0) is 6.92 Å². The molecule has 98 valence electrons. The molecule has 1 aliphatic rings. The Morgan fingerprint density at radius 2 is 1.94 bits per heavy atom. The predicted molar refractivity (Wildman–Crippen MR) is 50.6 cm³/mol. The summed E-state index contributed by atoms with van der Waals surface area (Å²) in [6.07, 6.45) is -4.74. The number of carbonyl (C=O) groups excluding carboxylic acids is 2. The van der Waals surface area contributed by atoms with Gasteiger partial charge in [-0.15, -0.1) is 0 Å². The van der Waals surface area contributed by atoms with Gasteiger partial charge in [-0.1, -0.05) is 0 Å². The normalized spacial score (nSPS) is 32.6. The molecule has 0 aliphatic carbocycles. The fraction of sp³-hybridized carbons (Fsp3) is 0.778. The van der Waals surface area contributed by atoms with Crippen molar-refractivity contribution in [3.8, 4) is 0 Å². The molecule has 0 aromatic heterocycles. The first-order valence-electron chi connectivity index (χ1n) is 4.91. The first-order valence-corrected chi connectivity index (χ1v) is 4.91. The SMILES string of the molecule is CC(O)C(O)C1(CO)OC(=O)C(CO)OC1=O. The summed E-state index contributed by atoms with van der Waals surface area (Å²) >= 11 is 0. The average molecular weight is 250 g/mol. The second kappa shape index (κ2) is 4.96. The minimum absolute atomic E-state index is 0.767. The molecular weight excluding hydrogens is 236 g/mol. The van der Waals surface area contributed by atoms with Gasteiger partial charge in [-0.2, -0.15) is 0 Å². The van der Waals surface area contributed by atoms with Crippen molar-refractivity contribution in [2.45, 2.75) is 30.8 Å². The molecule has 1 aliphatic heterocycles. The van der Waals surface area contributed by atoms with Gasteiger partial charge in [0.25, 0.3) is 5.60 Å². The van der Waals surface area contributed by atoms with Crippen LogP contribution in [0.5, 0.6) is 0 Å². The van der Waals surface area contributed by atoms with E-state index in [1.54, 1.807) is 0 Å². The van der Waals surface area contributed by atoms with Gasteiger partial charge in [-0.3, -0.25) is 0 Å². The van der Waals surface area contributed by atoms with E-state index in [-0.39, 0.29) is 0 Å². The molecule has 0 spiro atoms. The van der Waals surface area contributed by atoms with Gasteiger partial charge in [0.05, 0.1) is 19.3 Å². The minimum atomic E-state index is -2.35. The van der Waals surface area contributed by atoms with Crippen molar-refractivity contribution in [2.75, 3.05) is 13.2 Å². The Balaban J connectivity index is 3.01. The van der Waals surface area contributed by atoms with Crippen molar-refractivity contribution < 1.29 is 39.5 Å². The summed E-state index contributed by atoms with van der Waals surface area (Å²) in [7, 11) is 0. The number of cyclic esters (lactones) is 2. The van der Waals surface area contributed by atoms with E-state index in [1.807, 2.05) is 0 Å². The van der Waals surface area contributed by atoms with E-state index < -0.39 is 49.1 Å². The van der Waals surface area contributed by atoms with Gasteiger partial charge < -0.3 is 29.9 Å². The number of hydrogen-bond donors (Lipinski definition) is 4. The predicted octanol–water partition coefficient (Wildman–Crippen LogP) is -3.08. The first-order chi connectivity index (χ1) is 7.89. The Hall–Kier alpha value is -1.22. The van der Waals surface area contributed by atoms with Crippen LogP contribution in [0.4, 0.5) is 0 Å². The van der Waals surface area contributed by atoms with Crippen LogP contribution in [0.2, 0.25) is 0 Å². The van der Waals surface area contributed by atoms with Crippen LogP contribution in [0, 0.1) is 0 Å². The maximum absolute atomic E-state index is 11.6. The van der Waals surface area contributed by atoms with Crippen LogP contribution in [0.3, 0.4) is 0 Å². The second-order valence-electron chi connectivity index (χ2n) is 3.73. The van der Waals surface area contributed by atoms with Crippen molar-refractivity contribution in [1.29, 1.82) is 0 Å². The van der Waals surface area contributed by atoms with E-state index in [1.165, 1.54) is 0 Å². The highest BCUT2D eigenvalue weighted by molar-refractivity contribution is 5.91. The van der Waals surface area contributed by atoms with Crippen LogP contribution in [0.15, 0.2) is 0 Å². The second-order valence-corrected chi connectivity index (χ2v) is 3.73. The van der Waals surface area contributed by atoms with Gasteiger partial charge in [0.15, 0.2) is 0 Å². The highest BCUT2D eigenvalue weighted by atomic mass is 16.7. The van der Waals surface area contributed by atoms with Crippen molar-refractivity contribution in [3.05, 3.63) is 0 Å². The molecule has 8 heteroatoms. The van der Waals surface area contributed by atoms with Gasteiger partial charge >= 0.3 is 11.9 Å². The van der Waals surface area contributed by atoms with Gasteiger partial charge in [0.1, 0.15) is 6.10 Å². The maximum Gasteiger partial charge on any atom is 0.356 e. The summed E-state index contributed by atoms with van der Waals surface area (Å²) in [6, 6.07) is 0. The number of rotatable bonds is 4. The molecule has 0 amide bonds. The zero-order valence-corrected chi connectivity index (χ0v) is 9.07. The van der Waals surface area contributed by atoms with E-state index in [0.29, 0.717) is 0 Å². The van der Waals surface area contributed by atoms with E-state index in [2.05, 4.69) is 9.47 Å². The quantitative estimate of drug-likeness (QED) is 0.386. The lowest BCUT2D eigenvalue weighted by Gasteiger charge is -2.39. The van der Waals surface area contributed by atoms with Crippen LogP contribution >= 0.6 is 0 Å². The summed E-state index contributed by atoms with van der Waals surface area (Å²) < 4.78 is 9.16. The Bertz CT molecular complexity index is 314. The Labute approximate surface area is 96.4 Å². The summed E-state index contributed by atoms with van der Waals surface area (Å²) in [4.78, 5) is 22.9. The Morgan fingerprint density at radius 1 is 1.35 bits per heavy atom. The molecule has 17 heavy (non-hydrogen) atoms. The smallest absolute Gasteiger partial charge is 0.356 e. The van der Waals surface area contributed by atoms with Crippen LogP contribution < -0.4 is 0 Å². The Kier molecular flexibility index (Phi) is 4.04. The topological polar surface area (TPSA) is 134 Å². The highest BCUT2D eigenvalue weighted by Gasteiger charge is 2.57. The molecule has 1 rings (SSSR count). The molecule has 8 nitrogen and oxygen atoms in total. The van der Waals surface area contributed by atoms with E-state index in [9.17, 15) is 19.8 Å². The number of hydrogen-bond acceptors (Lipinski definition) is 8. The molecule has 4 N–H and O–H groups in total. The summed E-state index contributed by atoms with van der Waals surface area (Å²) in [5.41, 5.74) is -2.35. The van der Waals surface area contributed by atoms with E-state index in [4.69, 9.17) is 10.2 Å².